The van der Waals surface area contributed by atoms with E-state index in [-0.39, 0.29) is 11.8 Å². The highest BCUT2D eigenvalue weighted by Gasteiger charge is 2.54. The first-order valence-electron chi connectivity index (χ1n) is 7.66. The van der Waals surface area contributed by atoms with E-state index in [0.29, 0.717) is 39.1 Å². The molecule has 3 rings (SSSR count). The van der Waals surface area contributed by atoms with Gasteiger partial charge in [-0.3, -0.25) is 9.59 Å². The molecule has 5 heteroatoms. The van der Waals surface area contributed by atoms with Gasteiger partial charge in [0.15, 0.2) is 0 Å². The SMILES string of the molecule is Cc1ccc(CC(=O)N2C[C@H]3COCC[C@@]3(C(=O)O)C2)cc1. The van der Waals surface area contributed by atoms with Crippen LogP contribution in [-0.4, -0.2) is 48.2 Å². The zero-order chi connectivity index (χ0) is 15.7. The minimum absolute atomic E-state index is 0.00104. The van der Waals surface area contributed by atoms with Crippen LogP contribution in [0.3, 0.4) is 0 Å². The number of carbonyl (C=O) groups is 2. The first-order valence-corrected chi connectivity index (χ1v) is 7.66. The molecule has 2 saturated heterocycles. The number of likely N-dealkylation sites (tertiary alicyclic amines) is 1. The molecule has 2 aliphatic heterocycles. The molecule has 2 aliphatic rings. The lowest BCUT2D eigenvalue weighted by Crippen LogP contribution is -2.45. The fraction of sp³-hybridized carbons (Fsp3) is 0.529. The van der Waals surface area contributed by atoms with Gasteiger partial charge in [0.05, 0.1) is 18.4 Å². The Bertz CT molecular complexity index is 583. The summed E-state index contributed by atoms with van der Waals surface area (Å²) in [5.74, 6) is -0.897. The van der Waals surface area contributed by atoms with Crippen molar-refractivity contribution in [2.24, 2.45) is 11.3 Å². The lowest BCUT2D eigenvalue weighted by Gasteiger charge is -2.33. The summed E-state index contributed by atoms with van der Waals surface area (Å²) in [6, 6.07) is 7.87. The van der Waals surface area contributed by atoms with Crippen LogP contribution in [0.1, 0.15) is 17.5 Å². The number of amides is 1. The lowest BCUT2D eigenvalue weighted by molar-refractivity contribution is -0.157. The lowest BCUT2D eigenvalue weighted by atomic mass is 9.74. The highest BCUT2D eigenvalue weighted by molar-refractivity contribution is 5.82. The predicted molar refractivity (Wildman–Crippen MR) is 80.5 cm³/mol. The molecule has 22 heavy (non-hydrogen) atoms. The second-order valence-corrected chi connectivity index (χ2v) is 6.42. The van der Waals surface area contributed by atoms with Crippen LogP contribution in [-0.2, 0) is 20.7 Å². The Hall–Kier alpha value is -1.88. The van der Waals surface area contributed by atoms with E-state index in [1.807, 2.05) is 31.2 Å². The Morgan fingerprint density at radius 1 is 1.36 bits per heavy atom. The summed E-state index contributed by atoms with van der Waals surface area (Å²) in [5, 5.41) is 9.63. The molecule has 0 radical (unpaired) electrons. The monoisotopic (exact) mass is 303 g/mol. The molecule has 0 spiro atoms. The van der Waals surface area contributed by atoms with Gasteiger partial charge >= 0.3 is 5.97 Å². The van der Waals surface area contributed by atoms with Crippen molar-refractivity contribution in [3.8, 4) is 0 Å². The largest absolute Gasteiger partial charge is 0.481 e. The Morgan fingerprint density at radius 3 is 2.73 bits per heavy atom. The van der Waals surface area contributed by atoms with Gasteiger partial charge in [0.25, 0.3) is 0 Å². The number of aryl methyl sites for hydroxylation is 1. The number of rotatable bonds is 3. The van der Waals surface area contributed by atoms with Gasteiger partial charge in [0, 0.05) is 25.6 Å². The van der Waals surface area contributed by atoms with E-state index >= 15 is 0 Å². The summed E-state index contributed by atoms with van der Waals surface area (Å²) < 4.78 is 5.42. The molecule has 2 heterocycles. The van der Waals surface area contributed by atoms with Crippen molar-refractivity contribution in [1.82, 2.24) is 4.90 Å². The maximum atomic E-state index is 12.5. The molecule has 0 aliphatic carbocycles. The third kappa shape index (κ3) is 2.61. The van der Waals surface area contributed by atoms with Crippen molar-refractivity contribution in [2.75, 3.05) is 26.3 Å². The fourth-order valence-corrected chi connectivity index (χ4v) is 3.48. The fourth-order valence-electron chi connectivity index (χ4n) is 3.48. The summed E-state index contributed by atoms with van der Waals surface area (Å²) in [5.41, 5.74) is 1.30. The second-order valence-electron chi connectivity index (χ2n) is 6.42. The molecule has 0 aromatic heterocycles. The Morgan fingerprint density at radius 2 is 2.09 bits per heavy atom. The van der Waals surface area contributed by atoms with E-state index in [0.717, 1.165) is 11.1 Å². The van der Waals surface area contributed by atoms with Crippen molar-refractivity contribution in [2.45, 2.75) is 19.8 Å². The standard InChI is InChI=1S/C17H21NO4/c1-12-2-4-13(5-3-12)8-15(19)18-9-14-10-22-7-6-17(14,11-18)16(20)21/h2-5,14H,6-11H2,1H3,(H,20,21)/t14-,17+/m0/s1. The van der Waals surface area contributed by atoms with Gasteiger partial charge in [-0.2, -0.15) is 0 Å². The van der Waals surface area contributed by atoms with E-state index < -0.39 is 11.4 Å². The van der Waals surface area contributed by atoms with Gasteiger partial charge in [-0.1, -0.05) is 29.8 Å². The number of hydrogen-bond acceptors (Lipinski definition) is 3. The van der Waals surface area contributed by atoms with Gasteiger partial charge < -0.3 is 14.7 Å². The third-order valence-corrected chi connectivity index (χ3v) is 4.96. The number of carbonyl (C=O) groups excluding carboxylic acids is 1. The summed E-state index contributed by atoms with van der Waals surface area (Å²) in [6.45, 7) is 3.69. The third-order valence-electron chi connectivity index (χ3n) is 4.96. The van der Waals surface area contributed by atoms with E-state index in [1.54, 1.807) is 4.90 Å². The minimum atomic E-state index is -0.818. The van der Waals surface area contributed by atoms with Gasteiger partial charge in [0.2, 0.25) is 5.91 Å². The maximum Gasteiger partial charge on any atom is 0.311 e. The number of carboxylic acid groups (broad SMARTS) is 1. The van der Waals surface area contributed by atoms with E-state index in [1.165, 1.54) is 0 Å². The van der Waals surface area contributed by atoms with Crippen LogP contribution in [0, 0.1) is 18.3 Å². The molecular formula is C17H21NO4. The van der Waals surface area contributed by atoms with Crippen LogP contribution in [0.5, 0.6) is 0 Å². The zero-order valence-electron chi connectivity index (χ0n) is 12.7. The molecule has 0 bridgehead atoms. The molecule has 118 valence electrons. The number of benzene rings is 1. The predicted octanol–water partition coefficient (Wildman–Crippen LogP) is 1.49. The smallest absolute Gasteiger partial charge is 0.311 e. The summed E-state index contributed by atoms with van der Waals surface area (Å²) >= 11 is 0. The number of hydrogen-bond donors (Lipinski definition) is 1. The number of nitrogens with zero attached hydrogens (tertiary/aromatic N) is 1. The van der Waals surface area contributed by atoms with E-state index in [2.05, 4.69) is 0 Å². The summed E-state index contributed by atoms with van der Waals surface area (Å²) in [7, 11) is 0. The Kier molecular flexibility index (Phi) is 3.91. The number of fused-ring (bicyclic) bond motifs is 1. The Labute approximate surface area is 129 Å². The van der Waals surface area contributed by atoms with Crippen LogP contribution in [0.25, 0.3) is 0 Å². The molecule has 0 saturated carbocycles. The molecule has 1 aromatic rings. The van der Waals surface area contributed by atoms with Crippen molar-refractivity contribution in [3.05, 3.63) is 35.4 Å². The topological polar surface area (TPSA) is 66.8 Å². The Balaban J connectivity index is 1.72. The summed E-state index contributed by atoms with van der Waals surface area (Å²) in [4.78, 5) is 25.9. The van der Waals surface area contributed by atoms with Crippen LogP contribution in [0.15, 0.2) is 24.3 Å². The minimum Gasteiger partial charge on any atom is -0.481 e. The number of ether oxygens (including phenoxy) is 1. The summed E-state index contributed by atoms with van der Waals surface area (Å²) in [6.07, 6.45) is 0.810. The number of carboxylic acids is 1. The first kappa shape index (κ1) is 15.0. The molecule has 2 fully saturated rings. The highest BCUT2D eigenvalue weighted by atomic mass is 16.5. The first-order chi connectivity index (χ1) is 10.5. The molecular weight excluding hydrogens is 282 g/mol. The van der Waals surface area contributed by atoms with Crippen molar-refractivity contribution < 1.29 is 19.4 Å². The average Bonchev–Trinajstić information content (AvgIpc) is 2.91. The quantitative estimate of drug-likeness (QED) is 0.918. The van der Waals surface area contributed by atoms with Crippen LogP contribution in [0.4, 0.5) is 0 Å². The second kappa shape index (κ2) is 5.72. The van der Waals surface area contributed by atoms with Gasteiger partial charge in [-0.05, 0) is 18.9 Å². The molecule has 1 N–H and O–H groups in total. The molecule has 5 nitrogen and oxygen atoms in total. The highest BCUT2D eigenvalue weighted by Crippen LogP contribution is 2.42. The van der Waals surface area contributed by atoms with E-state index in [4.69, 9.17) is 4.74 Å². The van der Waals surface area contributed by atoms with Gasteiger partial charge in [0.1, 0.15) is 0 Å². The molecule has 1 aromatic carbocycles. The average molecular weight is 303 g/mol. The number of aliphatic carboxylic acids is 1. The molecule has 0 unspecified atom stereocenters. The van der Waals surface area contributed by atoms with Crippen molar-refractivity contribution >= 4 is 11.9 Å². The maximum absolute atomic E-state index is 12.5. The van der Waals surface area contributed by atoms with E-state index in [9.17, 15) is 14.7 Å². The normalized spacial score (nSPS) is 27.5. The molecule has 2 atom stereocenters. The van der Waals surface area contributed by atoms with Crippen LogP contribution < -0.4 is 0 Å². The van der Waals surface area contributed by atoms with Gasteiger partial charge in [-0.15, -0.1) is 0 Å². The van der Waals surface area contributed by atoms with Crippen molar-refractivity contribution in [3.63, 3.8) is 0 Å². The van der Waals surface area contributed by atoms with Crippen LogP contribution >= 0.6 is 0 Å². The molecule has 1 amide bonds. The van der Waals surface area contributed by atoms with Gasteiger partial charge in [-0.25, -0.2) is 0 Å². The van der Waals surface area contributed by atoms with Crippen molar-refractivity contribution in [1.29, 1.82) is 0 Å². The van der Waals surface area contributed by atoms with Crippen LogP contribution in [0.2, 0.25) is 0 Å². The zero-order valence-corrected chi connectivity index (χ0v) is 12.7.